The molecule has 1 saturated heterocycles. The topological polar surface area (TPSA) is 100 Å². The lowest BCUT2D eigenvalue weighted by Gasteiger charge is -2.38. The Balaban J connectivity index is 1.57. The average Bonchev–Trinajstić information content (AvgIpc) is 2.79. The first-order valence-electron chi connectivity index (χ1n) is 10.5. The van der Waals surface area contributed by atoms with Crippen molar-refractivity contribution in [2.75, 3.05) is 37.7 Å². The second-order valence-corrected chi connectivity index (χ2v) is 7.55. The van der Waals surface area contributed by atoms with Gasteiger partial charge < -0.3 is 14.5 Å². The summed E-state index contributed by atoms with van der Waals surface area (Å²) in [6.45, 7) is 6.63. The first-order valence-corrected chi connectivity index (χ1v) is 10.5. The average molecular weight is 422 g/mol. The normalized spacial score (nSPS) is 21.4. The number of benzene rings is 1. The van der Waals surface area contributed by atoms with Gasteiger partial charge in [0.05, 0.1) is 6.61 Å². The maximum absolute atomic E-state index is 13.0. The molecule has 2 aromatic rings. The van der Waals surface area contributed by atoms with E-state index in [0.29, 0.717) is 38.1 Å². The Morgan fingerprint density at radius 3 is 2.52 bits per heavy atom. The van der Waals surface area contributed by atoms with E-state index in [2.05, 4.69) is 20.2 Å². The predicted octanol–water partition coefficient (Wildman–Crippen LogP) is 1.31. The Morgan fingerprint density at radius 1 is 1.13 bits per heavy atom. The van der Waals surface area contributed by atoms with Crippen LogP contribution in [0, 0.1) is 12.8 Å². The fraction of sp³-hybridized carbons (Fsp3) is 0.409. The molecule has 0 aliphatic carbocycles. The zero-order valence-electron chi connectivity index (χ0n) is 17.7. The van der Waals surface area contributed by atoms with Crippen molar-refractivity contribution in [2.24, 2.45) is 10.9 Å². The summed E-state index contributed by atoms with van der Waals surface area (Å²) in [5.41, 5.74) is 1.86. The molecule has 0 radical (unpaired) electrons. The van der Waals surface area contributed by atoms with Gasteiger partial charge in [-0.15, -0.1) is 0 Å². The van der Waals surface area contributed by atoms with E-state index in [4.69, 9.17) is 9.73 Å². The molecule has 9 heteroatoms. The minimum atomic E-state index is -1.01. The summed E-state index contributed by atoms with van der Waals surface area (Å²) in [6.07, 6.45) is 3.45. The number of hydrogen-bond acceptors (Lipinski definition) is 8. The summed E-state index contributed by atoms with van der Waals surface area (Å²) in [7, 11) is 0. The number of nitrogens with one attached hydrogen (secondary N) is 1. The number of rotatable bonds is 4. The van der Waals surface area contributed by atoms with Gasteiger partial charge in [0.2, 0.25) is 17.8 Å². The summed E-state index contributed by atoms with van der Waals surface area (Å²) in [5, 5.41) is 2.83. The van der Waals surface area contributed by atoms with Gasteiger partial charge in [-0.05, 0) is 25.5 Å². The number of nitrogens with zero attached hydrogens (tertiary/aromatic N) is 5. The Kier molecular flexibility index (Phi) is 6.11. The number of hydrogen-bond donors (Lipinski definition) is 1. The van der Waals surface area contributed by atoms with Crippen molar-refractivity contribution in [2.45, 2.75) is 19.9 Å². The molecule has 1 amide bonds. The van der Waals surface area contributed by atoms with Crippen LogP contribution < -0.4 is 10.2 Å². The van der Waals surface area contributed by atoms with E-state index in [9.17, 15) is 9.59 Å². The molecule has 162 valence electrons. The van der Waals surface area contributed by atoms with Crippen LogP contribution in [0.25, 0.3) is 0 Å². The molecular formula is C22H26N6O3. The number of ether oxygens (including phenoxy) is 1. The Bertz CT molecular complexity index is 972. The fourth-order valence-electron chi connectivity index (χ4n) is 3.89. The molecule has 0 saturated carbocycles. The van der Waals surface area contributed by atoms with E-state index in [1.807, 2.05) is 36.1 Å². The third kappa shape index (κ3) is 4.50. The number of amides is 1. The van der Waals surface area contributed by atoms with Crippen LogP contribution in [-0.2, 0) is 14.3 Å². The van der Waals surface area contributed by atoms with Gasteiger partial charge in [0.15, 0.2) is 5.92 Å². The van der Waals surface area contributed by atoms with Gasteiger partial charge in [-0.25, -0.2) is 15.0 Å². The van der Waals surface area contributed by atoms with Gasteiger partial charge in [-0.1, -0.05) is 29.8 Å². The minimum Gasteiger partial charge on any atom is -0.465 e. The van der Waals surface area contributed by atoms with Crippen LogP contribution in [0.15, 0.2) is 47.7 Å². The highest BCUT2D eigenvalue weighted by Crippen LogP contribution is 2.31. The maximum Gasteiger partial charge on any atom is 0.321 e. The molecular weight excluding hydrogens is 396 g/mol. The van der Waals surface area contributed by atoms with Crippen molar-refractivity contribution in [3.63, 3.8) is 0 Å². The van der Waals surface area contributed by atoms with E-state index >= 15 is 0 Å². The smallest absolute Gasteiger partial charge is 0.321 e. The van der Waals surface area contributed by atoms with E-state index in [0.717, 1.165) is 11.1 Å². The zero-order valence-corrected chi connectivity index (χ0v) is 17.7. The largest absolute Gasteiger partial charge is 0.465 e. The summed E-state index contributed by atoms with van der Waals surface area (Å²) < 4.78 is 5.17. The second kappa shape index (κ2) is 9.11. The van der Waals surface area contributed by atoms with E-state index < -0.39 is 17.9 Å². The van der Waals surface area contributed by atoms with Crippen molar-refractivity contribution >= 4 is 23.8 Å². The second-order valence-electron chi connectivity index (χ2n) is 7.55. The number of aryl methyl sites for hydroxylation is 1. The Morgan fingerprint density at radius 2 is 1.84 bits per heavy atom. The molecule has 2 aliphatic rings. The quantitative estimate of drug-likeness (QED) is 0.586. The molecule has 1 fully saturated rings. The van der Waals surface area contributed by atoms with E-state index in [-0.39, 0.29) is 12.5 Å². The van der Waals surface area contributed by atoms with Crippen LogP contribution in [0.1, 0.15) is 24.1 Å². The number of aliphatic imine (C=N–C) groups is 1. The molecule has 4 rings (SSSR count). The molecule has 0 spiro atoms. The van der Waals surface area contributed by atoms with Crippen LogP contribution in [0.2, 0.25) is 0 Å². The zero-order chi connectivity index (χ0) is 21.8. The third-order valence-corrected chi connectivity index (χ3v) is 5.43. The van der Waals surface area contributed by atoms with Gasteiger partial charge in [-0.2, -0.15) is 0 Å². The fourth-order valence-corrected chi connectivity index (χ4v) is 3.89. The molecule has 2 atom stereocenters. The molecule has 9 nitrogen and oxygen atoms in total. The molecule has 1 aromatic heterocycles. The maximum atomic E-state index is 13.0. The first kappa shape index (κ1) is 20.8. The highest BCUT2D eigenvalue weighted by Gasteiger charge is 2.42. The number of carbonyl (C=O) groups is 2. The van der Waals surface area contributed by atoms with Gasteiger partial charge in [0.25, 0.3) is 0 Å². The van der Waals surface area contributed by atoms with Crippen LogP contribution in [0.4, 0.5) is 5.95 Å². The summed E-state index contributed by atoms with van der Waals surface area (Å²) in [4.78, 5) is 43.1. The van der Waals surface area contributed by atoms with E-state index in [1.54, 1.807) is 25.4 Å². The van der Waals surface area contributed by atoms with Crippen LogP contribution >= 0.6 is 0 Å². The first-order chi connectivity index (χ1) is 15.1. The van der Waals surface area contributed by atoms with Crippen molar-refractivity contribution in [3.05, 3.63) is 53.9 Å². The van der Waals surface area contributed by atoms with Gasteiger partial charge in [0, 0.05) is 38.6 Å². The SMILES string of the molecule is CCOC(=O)C1C(=O)NC(N2CCN(c3ncccn3)CC2)=NC1c1cccc(C)c1. The summed E-state index contributed by atoms with van der Waals surface area (Å²) in [5.74, 6) is -0.767. The summed E-state index contributed by atoms with van der Waals surface area (Å²) in [6, 6.07) is 8.90. The molecule has 1 N–H and O–H groups in total. The molecule has 1 aromatic carbocycles. The molecule has 2 unspecified atom stereocenters. The number of anilines is 1. The number of guanidine groups is 1. The monoisotopic (exact) mass is 422 g/mol. The van der Waals surface area contributed by atoms with Crippen LogP contribution in [0.3, 0.4) is 0 Å². The van der Waals surface area contributed by atoms with Crippen LogP contribution in [-0.4, -0.2) is 65.5 Å². The predicted molar refractivity (Wildman–Crippen MR) is 115 cm³/mol. The standard InChI is InChI=1S/C22H26N6O3/c1-3-31-20(30)17-18(16-7-4-6-15(2)14-16)25-22(26-19(17)29)28-12-10-27(11-13-28)21-23-8-5-9-24-21/h4-9,14,17-18H,3,10-13H2,1-2H3,(H,25,26,29). The third-order valence-electron chi connectivity index (χ3n) is 5.43. The van der Waals surface area contributed by atoms with Crippen molar-refractivity contribution in [1.82, 2.24) is 20.2 Å². The molecule has 31 heavy (non-hydrogen) atoms. The number of piperazine rings is 1. The number of carbonyl (C=O) groups excluding carboxylic acids is 2. The Labute approximate surface area is 181 Å². The Hall–Kier alpha value is -3.49. The van der Waals surface area contributed by atoms with Gasteiger partial charge in [-0.3, -0.25) is 14.9 Å². The summed E-state index contributed by atoms with van der Waals surface area (Å²) >= 11 is 0. The lowest BCUT2D eigenvalue weighted by Crippen LogP contribution is -2.57. The highest BCUT2D eigenvalue weighted by atomic mass is 16.5. The number of esters is 1. The lowest BCUT2D eigenvalue weighted by atomic mass is 9.90. The number of aromatic nitrogens is 2. The van der Waals surface area contributed by atoms with Crippen molar-refractivity contribution in [1.29, 1.82) is 0 Å². The minimum absolute atomic E-state index is 0.212. The van der Waals surface area contributed by atoms with Gasteiger partial charge in [0.1, 0.15) is 6.04 Å². The van der Waals surface area contributed by atoms with Crippen molar-refractivity contribution in [3.8, 4) is 0 Å². The highest BCUT2D eigenvalue weighted by molar-refractivity contribution is 6.08. The van der Waals surface area contributed by atoms with Crippen LogP contribution in [0.5, 0.6) is 0 Å². The molecule has 0 bridgehead atoms. The van der Waals surface area contributed by atoms with E-state index in [1.165, 1.54) is 0 Å². The van der Waals surface area contributed by atoms with Crippen molar-refractivity contribution < 1.29 is 14.3 Å². The van der Waals surface area contributed by atoms with Gasteiger partial charge >= 0.3 is 5.97 Å². The molecule has 3 heterocycles. The lowest BCUT2D eigenvalue weighted by molar-refractivity contribution is -0.153. The molecule has 2 aliphatic heterocycles.